The molecular formula is C15H15ClN2OS. The number of nitrogens with zero attached hydrogens (tertiary/aromatic N) is 1. The van der Waals surface area contributed by atoms with Gasteiger partial charge >= 0.3 is 0 Å². The zero-order valence-electron chi connectivity index (χ0n) is 11.3. The Hall–Kier alpha value is -1.52. The van der Waals surface area contributed by atoms with Gasteiger partial charge in [-0.25, -0.2) is 4.98 Å². The van der Waals surface area contributed by atoms with Crippen LogP contribution in [-0.2, 0) is 4.79 Å². The van der Waals surface area contributed by atoms with Crippen molar-refractivity contribution in [1.29, 1.82) is 0 Å². The van der Waals surface area contributed by atoms with Gasteiger partial charge in [0.15, 0.2) is 0 Å². The van der Waals surface area contributed by atoms with E-state index >= 15 is 0 Å². The monoisotopic (exact) mass is 306 g/mol. The number of aromatic nitrogens is 1. The Labute approximate surface area is 127 Å². The number of anilines is 1. The molecule has 0 aliphatic heterocycles. The van der Waals surface area contributed by atoms with Crippen molar-refractivity contribution in [2.45, 2.75) is 24.0 Å². The summed E-state index contributed by atoms with van der Waals surface area (Å²) < 4.78 is 0. The molecule has 3 nitrogen and oxygen atoms in total. The van der Waals surface area contributed by atoms with Crippen LogP contribution < -0.4 is 5.32 Å². The van der Waals surface area contributed by atoms with Gasteiger partial charge in [0, 0.05) is 16.1 Å². The minimum Gasteiger partial charge on any atom is -0.310 e. The molecule has 0 saturated heterocycles. The molecule has 5 heteroatoms. The van der Waals surface area contributed by atoms with Crippen molar-refractivity contribution in [2.75, 3.05) is 5.32 Å². The Kier molecular flexibility index (Phi) is 5.04. The molecule has 0 bridgehead atoms. The first kappa shape index (κ1) is 14.9. The van der Waals surface area contributed by atoms with Gasteiger partial charge < -0.3 is 5.32 Å². The fourth-order valence-corrected chi connectivity index (χ4v) is 2.60. The predicted molar refractivity (Wildman–Crippen MR) is 84.4 cm³/mol. The fourth-order valence-electron chi connectivity index (χ4n) is 1.61. The fraction of sp³-hybridized carbons (Fsp3) is 0.200. The van der Waals surface area contributed by atoms with Gasteiger partial charge in [0.05, 0.1) is 5.25 Å². The summed E-state index contributed by atoms with van der Waals surface area (Å²) in [5, 5.41) is 3.32. The molecule has 1 N–H and O–H groups in total. The molecule has 0 aliphatic rings. The molecule has 2 rings (SSSR count). The van der Waals surface area contributed by atoms with Gasteiger partial charge in [0.2, 0.25) is 5.91 Å². The lowest BCUT2D eigenvalue weighted by atomic mass is 10.3. The molecule has 1 atom stereocenters. The number of halogens is 1. The minimum absolute atomic E-state index is 0.0632. The van der Waals surface area contributed by atoms with Crippen LogP contribution in [0.15, 0.2) is 47.5 Å². The van der Waals surface area contributed by atoms with E-state index < -0.39 is 0 Å². The molecule has 1 amide bonds. The Morgan fingerprint density at radius 1 is 1.30 bits per heavy atom. The van der Waals surface area contributed by atoms with Gasteiger partial charge in [-0.1, -0.05) is 17.7 Å². The lowest BCUT2D eigenvalue weighted by Crippen LogP contribution is -2.23. The Balaban J connectivity index is 1.99. The molecule has 0 fully saturated rings. The highest BCUT2D eigenvalue weighted by Gasteiger charge is 2.15. The van der Waals surface area contributed by atoms with Gasteiger partial charge in [0.25, 0.3) is 0 Å². The molecular weight excluding hydrogens is 292 g/mol. The third kappa shape index (κ3) is 3.99. The summed E-state index contributed by atoms with van der Waals surface area (Å²) in [5.41, 5.74) is 0.949. The van der Waals surface area contributed by atoms with Crippen molar-refractivity contribution in [3.05, 3.63) is 53.2 Å². The van der Waals surface area contributed by atoms with Crippen LogP contribution in [0.4, 0.5) is 5.82 Å². The summed E-state index contributed by atoms with van der Waals surface area (Å²) >= 11 is 7.33. The third-order valence-electron chi connectivity index (χ3n) is 2.75. The highest BCUT2D eigenvalue weighted by Crippen LogP contribution is 2.25. The summed E-state index contributed by atoms with van der Waals surface area (Å²) in [6.45, 7) is 3.78. The average molecular weight is 307 g/mol. The average Bonchev–Trinajstić information content (AvgIpc) is 2.44. The van der Waals surface area contributed by atoms with Crippen molar-refractivity contribution in [3.8, 4) is 0 Å². The number of rotatable bonds is 4. The smallest absolute Gasteiger partial charge is 0.238 e. The van der Waals surface area contributed by atoms with E-state index in [0.717, 1.165) is 10.5 Å². The first-order chi connectivity index (χ1) is 9.56. The largest absolute Gasteiger partial charge is 0.310 e. The van der Waals surface area contributed by atoms with E-state index in [0.29, 0.717) is 10.8 Å². The normalized spacial score (nSPS) is 11.9. The molecule has 0 saturated carbocycles. The van der Waals surface area contributed by atoms with Crippen LogP contribution in [0.3, 0.4) is 0 Å². The highest BCUT2D eigenvalue weighted by atomic mass is 35.5. The zero-order valence-corrected chi connectivity index (χ0v) is 12.8. The molecule has 0 radical (unpaired) electrons. The number of amides is 1. The van der Waals surface area contributed by atoms with E-state index in [1.165, 1.54) is 11.8 Å². The van der Waals surface area contributed by atoms with Crippen LogP contribution in [0.1, 0.15) is 12.5 Å². The van der Waals surface area contributed by atoms with E-state index in [1.807, 2.05) is 50.2 Å². The Morgan fingerprint density at radius 3 is 2.65 bits per heavy atom. The maximum atomic E-state index is 12.1. The van der Waals surface area contributed by atoms with Gasteiger partial charge in [-0.15, -0.1) is 11.8 Å². The number of pyridine rings is 1. The molecule has 104 valence electrons. The second-order valence-electron chi connectivity index (χ2n) is 4.37. The quantitative estimate of drug-likeness (QED) is 0.862. The topological polar surface area (TPSA) is 42.0 Å². The number of hydrogen-bond donors (Lipinski definition) is 1. The molecule has 2 aromatic rings. The van der Waals surface area contributed by atoms with Gasteiger partial charge in [-0.05, 0) is 49.7 Å². The maximum absolute atomic E-state index is 12.1. The molecule has 1 aromatic heterocycles. The minimum atomic E-state index is -0.211. The van der Waals surface area contributed by atoms with E-state index in [-0.39, 0.29) is 11.2 Å². The standard InChI is InChI=1S/C15H15ClN2OS/c1-10-4-3-9-17-14(10)18-15(19)11(2)20-13-7-5-12(16)6-8-13/h3-9,11H,1-2H3,(H,17,18,19). The molecule has 1 unspecified atom stereocenters. The van der Waals surface area contributed by atoms with Gasteiger partial charge in [-0.3, -0.25) is 4.79 Å². The van der Waals surface area contributed by atoms with Crippen molar-refractivity contribution >= 4 is 35.1 Å². The molecule has 20 heavy (non-hydrogen) atoms. The Morgan fingerprint density at radius 2 is 2.00 bits per heavy atom. The van der Waals surface area contributed by atoms with E-state index in [2.05, 4.69) is 10.3 Å². The van der Waals surface area contributed by atoms with E-state index in [4.69, 9.17) is 11.6 Å². The first-order valence-corrected chi connectivity index (χ1v) is 7.47. The van der Waals surface area contributed by atoms with E-state index in [9.17, 15) is 4.79 Å². The second-order valence-corrected chi connectivity index (χ2v) is 6.22. The van der Waals surface area contributed by atoms with Gasteiger partial charge in [-0.2, -0.15) is 0 Å². The van der Waals surface area contributed by atoms with Crippen molar-refractivity contribution in [1.82, 2.24) is 4.98 Å². The summed E-state index contributed by atoms with van der Waals surface area (Å²) in [5.74, 6) is 0.549. The van der Waals surface area contributed by atoms with Crippen molar-refractivity contribution in [2.24, 2.45) is 0 Å². The second kappa shape index (κ2) is 6.77. The highest BCUT2D eigenvalue weighted by molar-refractivity contribution is 8.00. The summed E-state index contributed by atoms with van der Waals surface area (Å²) in [7, 11) is 0. The van der Waals surface area contributed by atoms with Crippen LogP contribution in [0.25, 0.3) is 0 Å². The number of carbonyl (C=O) groups is 1. The number of nitrogens with one attached hydrogen (secondary N) is 1. The number of aryl methyl sites for hydroxylation is 1. The van der Waals surface area contributed by atoms with Gasteiger partial charge in [0.1, 0.15) is 5.82 Å². The molecule has 0 aliphatic carbocycles. The van der Waals surface area contributed by atoms with Crippen molar-refractivity contribution < 1.29 is 4.79 Å². The SMILES string of the molecule is Cc1cccnc1NC(=O)C(C)Sc1ccc(Cl)cc1. The summed E-state index contributed by atoms with van der Waals surface area (Å²) in [6.07, 6.45) is 1.67. The third-order valence-corrected chi connectivity index (χ3v) is 4.11. The lowest BCUT2D eigenvalue weighted by molar-refractivity contribution is -0.115. The van der Waals surface area contributed by atoms with Crippen LogP contribution >= 0.6 is 23.4 Å². The maximum Gasteiger partial charge on any atom is 0.238 e. The zero-order chi connectivity index (χ0) is 14.5. The van der Waals surface area contributed by atoms with E-state index in [1.54, 1.807) is 6.20 Å². The first-order valence-electron chi connectivity index (χ1n) is 6.21. The molecule has 1 heterocycles. The molecule has 0 spiro atoms. The number of carbonyl (C=O) groups excluding carboxylic acids is 1. The van der Waals surface area contributed by atoms with Crippen molar-refractivity contribution in [3.63, 3.8) is 0 Å². The molecule has 1 aromatic carbocycles. The van der Waals surface area contributed by atoms with Crippen LogP contribution in [-0.4, -0.2) is 16.1 Å². The lowest BCUT2D eigenvalue weighted by Gasteiger charge is -2.12. The number of benzene rings is 1. The Bertz CT molecular complexity index is 601. The number of hydrogen-bond acceptors (Lipinski definition) is 3. The van der Waals surface area contributed by atoms with Crippen LogP contribution in [0.2, 0.25) is 5.02 Å². The van der Waals surface area contributed by atoms with Crippen LogP contribution in [0, 0.1) is 6.92 Å². The van der Waals surface area contributed by atoms with Crippen LogP contribution in [0.5, 0.6) is 0 Å². The summed E-state index contributed by atoms with van der Waals surface area (Å²) in [4.78, 5) is 17.3. The predicted octanol–water partition coefficient (Wildman–Crippen LogP) is 4.16. The number of thioether (sulfide) groups is 1. The summed E-state index contributed by atoms with van der Waals surface area (Å²) in [6, 6.07) is 11.2.